The molecule has 0 unspecified atom stereocenters. The number of aryl methyl sites for hydroxylation is 1. The van der Waals surface area contributed by atoms with Crippen LogP contribution in [0.2, 0.25) is 0 Å². The zero-order chi connectivity index (χ0) is 14.8. The van der Waals surface area contributed by atoms with Gasteiger partial charge in [0.2, 0.25) is 0 Å². The smallest absolute Gasteiger partial charge is 0.314 e. The van der Waals surface area contributed by atoms with Crippen LogP contribution in [0.15, 0.2) is 24.3 Å². The highest BCUT2D eigenvalue weighted by molar-refractivity contribution is 7.90. The molecule has 1 fully saturated rings. The fourth-order valence-electron chi connectivity index (χ4n) is 2.90. The maximum atomic E-state index is 11.6. The Morgan fingerprint density at radius 1 is 1.20 bits per heavy atom. The molecule has 2 rings (SSSR count). The van der Waals surface area contributed by atoms with Gasteiger partial charge in [-0.3, -0.25) is 4.79 Å². The van der Waals surface area contributed by atoms with Crippen LogP contribution >= 0.6 is 0 Å². The van der Waals surface area contributed by atoms with Gasteiger partial charge in [0.05, 0.1) is 11.2 Å². The summed E-state index contributed by atoms with van der Waals surface area (Å²) in [5, 5.41) is 9.52. The van der Waals surface area contributed by atoms with Gasteiger partial charge < -0.3 is 5.11 Å². The van der Waals surface area contributed by atoms with Crippen LogP contribution in [0, 0.1) is 0 Å². The van der Waals surface area contributed by atoms with E-state index in [2.05, 4.69) is 0 Å². The molecule has 0 amide bonds. The van der Waals surface area contributed by atoms with Crippen molar-refractivity contribution in [3.8, 4) is 0 Å². The molecule has 4 nitrogen and oxygen atoms in total. The maximum absolute atomic E-state index is 11.6. The molecule has 0 spiro atoms. The topological polar surface area (TPSA) is 71.4 Å². The lowest BCUT2D eigenvalue weighted by molar-refractivity contribution is -0.143. The van der Waals surface area contributed by atoms with Crippen LogP contribution in [-0.2, 0) is 26.5 Å². The van der Waals surface area contributed by atoms with E-state index in [4.69, 9.17) is 0 Å². The molecule has 1 saturated carbocycles. The third-order valence-electron chi connectivity index (χ3n) is 4.13. The average molecular weight is 296 g/mol. The van der Waals surface area contributed by atoms with E-state index in [9.17, 15) is 18.3 Å². The summed E-state index contributed by atoms with van der Waals surface area (Å²) in [5.74, 6) is -0.630. The lowest BCUT2D eigenvalue weighted by Gasteiger charge is -2.24. The van der Waals surface area contributed by atoms with Gasteiger partial charge in [0, 0.05) is 6.26 Å². The van der Waals surface area contributed by atoms with Gasteiger partial charge in [-0.2, -0.15) is 0 Å². The van der Waals surface area contributed by atoms with E-state index in [-0.39, 0.29) is 5.75 Å². The van der Waals surface area contributed by atoms with Crippen molar-refractivity contribution in [1.82, 2.24) is 0 Å². The minimum absolute atomic E-state index is 0.121. The van der Waals surface area contributed by atoms with Crippen LogP contribution in [0.1, 0.15) is 36.8 Å². The van der Waals surface area contributed by atoms with Gasteiger partial charge in [0.1, 0.15) is 9.84 Å². The monoisotopic (exact) mass is 296 g/mol. The first-order valence-electron chi connectivity index (χ1n) is 6.84. The number of benzene rings is 1. The number of hydrogen-bond acceptors (Lipinski definition) is 3. The number of hydrogen-bond donors (Lipinski definition) is 1. The summed E-state index contributed by atoms with van der Waals surface area (Å²) < 4.78 is 22.3. The molecular weight excluding hydrogens is 276 g/mol. The van der Waals surface area contributed by atoms with Crippen molar-refractivity contribution in [3.63, 3.8) is 0 Å². The van der Waals surface area contributed by atoms with Crippen LogP contribution in [0.5, 0.6) is 0 Å². The molecule has 1 N–H and O–H groups in total. The second kappa shape index (κ2) is 5.56. The Morgan fingerprint density at radius 3 is 2.20 bits per heavy atom. The number of sulfone groups is 1. The van der Waals surface area contributed by atoms with Crippen LogP contribution in [0.25, 0.3) is 0 Å². The molecule has 0 aromatic heterocycles. The summed E-state index contributed by atoms with van der Waals surface area (Å²) in [6.07, 6.45) is 4.96. The molecule has 0 heterocycles. The summed E-state index contributed by atoms with van der Waals surface area (Å²) >= 11 is 0. The molecule has 0 bridgehead atoms. The first kappa shape index (κ1) is 15.0. The minimum Gasteiger partial charge on any atom is -0.481 e. The standard InChI is InChI=1S/C15H20O4S/c1-20(18,19)11-8-12-4-6-13(7-5-12)15(14(16)17)9-2-3-10-15/h4-7H,2-3,8-11H2,1H3,(H,16,17). The Bertz CT molecular complexity index is 581. The van der Waals surface area contributed by atoms with Gasteiger partial charge in [-0.15, -0.1) is 0 Å². The Morgan fingerprint density at radius 2 is 1.75 bits per heavy atom. The summed E-state index contributed by atoms with van der Waals surface area (Å²) in [5.41, 5.74) is 1.03. The molecular formula is C15H20O4S. The largest absolute Gasteiger partial charge is 0.481 e. The van der Waals surface area contributed by atoms with E-state index in [1.54, 1.807) is 0 Å². The number of carbonyl (C=O) groups is 1. The molecule has 0 radical (unpaired) electrons. The lowest BCUT2D eigenvalue weighted by atomic mass is 9.79. The minimum atomic E-state index is -2.97. The van der Waals surface area contributed by atoms with E-state index in [1.165, 1.54) is 6.26 Å². The van der Waals surface area contributed by atoms with E-state index < -0.39 is 21.2 Å². The Labute approximate surface area is 119 Å². The third kappa shape index (κ3) is 3.20. The fourth-order valence-corrected chi connectivity index (χ4v) is 3.50. The molecule has 1 aliphatic carbocycles. The van der Waals surface area contributed by atoms with Gasteiger partial charge >= 0.3 is 5.97 Å². The van der Waals surface area contributed by atoms with Crippen molar-refractivity contribution in [2.75, 3.05) is 12.0 Å². The molecule has 1 aromatic carbocycles. The lowest BCUT2D eigenvalue weighted by Crippen LogP contribution is -2.32. The average Bonchev–Trinajstić information content (AvgIpc) is 2.87. The van der Waals surface area contributed by atoms with Crippen LogP contribution < -0.4 is 0 Å². The number of carboxylic acid groups (broad SMARTS) is 1. The van der Waals surface area contributed by atoms with Gasteiger partial charge in [0.25, 0.3) is 0 Å². The highest BCUT2D eigenvalue weighted by Crippen LogP contribution is 2.41. The highest BCUT2D eigenvalue weighted by atomic mass is 32.2. The zero-order valence-corrected chi connectivity index (χ0v) is 12.4. The van der Waals surface area contributed by atoms with Crippen LogP contribution in [0.4, 0.5) is 0 Å². The van der Waals surface area contributed by atoms with Gasteiger partial charge in [0.15, 0.2) is 0 Å². The van der Waals surface area contributed by atoms with E-state index in [0.717, 1.165) is 24.0 Å². The SMILES string of the molecule is CS(=O)(=O)CCc1ccc(C2(C(=O)O)CCCC2)cc1. The van der Waals surface area contributed by atoms with E-state index in [0.29, 0.717) is 19.3 Å². The zero-order valence-electron chi connectivity index (χ0n) is 11.6. The molecule has 5 heteroatoms. The van der Waals surface area contributed by atoms with Gasteiger partial charge in [-0.1, -0.05) is 37.1 Å². The summed E-state index contributed by atoms with van der Waals surface area (Å²) in [4.78, 5) is 11.6. The normalized spacial score (nSPS) is 18.1. The molecule has 0 saturated heterocycles. The Hall–Kier alpha value is -1.36. The van der Waals surface area contributed by atoms with E-state index >= 15 is 0 Å². The van der Waals surface area contributed by atoms with Crippen LogP contribution in [0.3, 0.4) is 0 Å². The Kier molecular flexibility index (Phi) is 4.18. The summed E-state index contributed by atoms with van der Waals surface area (Å²) in [7, 11) is -2.97. The second-order valence-electron chi connectivity index (χ2n) is 5.67. The van der Waals surface area contributed by atoms with Gasteiger partial charge in [-0.05, 0) is 30.4 Å². The highest BCUT2D eigenvalue weighted by Gasteiger charge is 2.42. The van der Waals surface area contributed by atoms with Gasteiger partial charge in [-0.25, -0.2) is 8.42 Å². The van der Waals surface area contributed by atoms with Crippen molar-refractivity contribution >= 4 is 15.8 Å². The Balaban J connectivity index is 2.17. The van der Waals surface area contributed by atoms with Crippen molar-refractivity contribution < 1.29 is 18.3 Å². The molecule has 0 atom stereocenters. The predicted octanol–water partition coefficient (Wildman–Crippen LogP) is 2.17. The maximum Gasteiger partial charge on any atom is 0.314 e. The molecule has 1 aromatic rings. The second-order valence-corrected chi connectivity index (χ2v) is 7.93. The van der Waals surface area contributed by atoms with Crippen molar-refractivity contribution in [2.45, 2.75) is 37.5 Å². The third-order valence-corrected chi connectivity index (χ3v) is 5.08. The summed E-state index contributed by atoms with van der Waals surface area (Å²) in [6.45, 7) is 0. The van der Waals surface area contributed by atoms with Crippen LogP contribution in [-0.4, -0.2) is 31.5 Å². The number of rotatable bonds is 5. The molecule has 20 heavy (non-hydrogen) atoms. The van der Waals surface area contributed by atoms with Crippen molar-refractivity contribution in [2.24, 2.45) is 0 Å². The summed E-state index contributed by atoms with van der Waals surface area (Å²) in [6, 6.07) is 7.39. The first-order valence-corrected chi connectivity index (χ1v) is 8.90. The number of aliphatic carboxylic acids is 1. The molecule has 110 valence electrons. The van der Waals surface area contributed by atoms with Crippen molar-refractivity contribution in [1.29, 1.82) is 0 Å². The quantitative estimate of drug-likeness (QED) is 0.904. The molecule has 1 aliphatic rings. The first-order chi connectivity index (χ1) is 9.33. The molecule has 0 aliphatic heterocycles. The predicted molar refractivity (Wildman–Crippen MR) is 77.6 cm³/mol. The fraction of sp³-hybridized carbons (Fsp3) is 0.533. The van der Waals surface area contributed by atoms with Crippen molar-refractivity contribution in [3.05, 3.63) is 35.4 Å². The van der Waals surface area contributed by atoms with E-state index in [1.807, 2.05) is 24.3 Å². The number of carboxylic acids is 1.